The van der Waals surface area contributed by atoms with Crippen molar-refractivity contribution in [1.29, 1.82) is 0 Å². The molecule has 1 fully saturated rings. The van der Waals surface area contributed by atoms with Crippen molar-refractivity contribution < 1.29 is 9.84 Å². The van der Waals surface area contributed by atoms with Gasteiger partial charge >= 0.3 is 0 Å². The number of methoxy groups -OCH3 is 1. The maximum absolute atomic E-state index is 9.67. The van der Waals surface area contributed by atoms with Gasteiger partial charge in [-0.15, -0.1) is 12.4 Å². The van der Waals surface area contributed by atoms with Gasteiger partial charge in [-0.05, 0) is 33.6 Å². The first kappa shape index (κ1) is 16.7. The quantitative estimate of drug-likeness (QED) is 0.753. The van der Waals surface area contributed by atoms with Crippen molar-refractivity contribution in [2.75, 3.05) is 26.7 Å². The van der Waals surface area contributed by atoms with Crippen LogP contribution in [0, 0.1) is 5.92 Å². The number of halogens is 2. The van der Waals surface area contributed by atoms with Crippen LogP contribution in [0.25, 0.3) is 0 Å². The van der Waals surface area contributed by atoms with Crippen LogP contribution < -0.4 is 15.4 Å². The SMILES string of the molecule is COc1ccc(CNCC2CNCC2O)cc1Br.Cl. The lowest BCUT2D eigenvalue weighted by atomic mass is 10.1. The van der Waals surface area contributed by atoms with E-state index in [1.54, 1.807) is 7.11 Å². The summed E-state index contributed by atoms with van der Waals surface area (Å²) in [6.07, 6.45) is -0.222. The van der Waals surface area contributed by atoms with E-state index in [-0.39, 0.29) is 18.5 Å². The van der Waals surface area contributed by atoms with Gasteiger partial charge in [-0.2, -0.15) is 0 Å². The van der Waals surface area contributed by atoms with Gasteiger partial charge in [0.1, 0.15) is 5.75 Å². The van der Waals surface area contributed by atoms with Crippen LogP contribution in [-0.2, 0) is 6.54 Å². The van der Waals surface area contributed by atoms with Gasteiger partial charge in [0, 0.05) is 32.1 Å². The minimum Gasteiger partial charge on any atom is -0.496 e. The predicted octanol–water partition coefficient (Wildman–Crippen LogP) is 1.55. The molecule has 2 rings (SSSR count). The summed E-state index contributed by atoms with van der Waals surface area (Å²) >= 11 is 3.47. The molecule has 0 saturated carbocycles. The van der Waals surface area contributed by atoms with E-state index in [0.717, 1.165) is 29.9 Å². The highest BCUT2D eigenvalue weighted by molar-refractivity contribution is 9.10. The van der Waals surface area contributed by atoms with Gasteiger partial charge in [0.05, 0.1) is 17.7 Å². The number of aliphatic hydroxyl groups is 1. The summed E-state index contributed by atoms with van der Waals surface area (Å²) in [5, 5.41) is 16.2. The van der Waals surface area contributed by atoms with Crippen molar-refractivity contribution in [3.63, 3.8) is 0 Å². The smallest absolute Gasteiger partial charge is 0.133 e. The van der Waals surface area contributed by atoms with E-state index >= 15 is 0 Å². The second kappa shape index (κ2) is 8.07. The van der Waals surface area contributed by atoms with E-state index in [4.69, 9.17) is 4.74 Å². The lowest BCUT2D eigenvalue weighted by Gasteiger charge is -2.14. The van der Waals surface area contributed by atoms with Gasteiger partial charge in [-0.3, -0.25) is 0 Å². The van der Waals surface area contributed by atoms with Crippen LogP contribution in [0.1, 0.15) is 5.56 Å². The number of rotatable bonds is 5. The lowest BCUT2D eigenvalue weighted by Crippen LogP contribution is -2.30. The summed E-state index contributed by atoms with van der Waals surface area (Å²) in [6, 6.07) is 6.04. The van der Waals surface area contributed by atoms with Crippen LogP contribution in [0.4, 0.5) is 0 Å². The summed E-state index contributed by atoms with van der Waals surface area (Å²) in [6.45, 7) is 3.23. The molecule has 0 aromatic heterocycles. The molecular weight excluding hydrogens is 332 g/mol. The Morgan fingerprint density at radius 2 is 2.26 bits per heavy atom. The Balaban J connectivity index is 0.00000180. The number of benzene rings is 1. The first-order valence-electron chi connectivity index (χ1n) is 6.12. The van der Waals surface area contributed by atoms with Crippen molar-refractivity contribution in [2.24, 2.45) is 5.92 Å². The first-order chi connectivity index (χ1) is 8.70. The second-order valence-electron chi connectivity index (χ2n) is 4.59. The molecule has 1 aliphatic heterocycles. The molecule has 6 heteroatoms. The molecule has 0 radical (unpaired) electrons. The van der Waals surface area contributed by atoms with Gasteiger partial charge < -0.3 is 20.5 Å². The van der Waals surface area contributed by atoms with Crippen LogP contribution in [0.3, 0.4) is 0 Å². The second-order valence-corrected chi connectivity index (χ2v) is 5.44. The van der Waals surface area contributed by atoms with E-state index in [0.29, 0.717) is 12.5 Å². The maximum atomic E-state index is 9.67. The summed E-state index contributed by atoms with van der Waals surface area (Å²) < 4.78 is 6.16. The molecular formula is C13H20BrClN2O2. The first-order valence-corrected chi connectivity index (χ1v) is 6.92. The molecule has 108 valence electrons. The minimum atomic E-state index is -0.222. The Morgan fingerprint density at radius 3 is 2.84 bits per heavy atom. The van der Waals surface area contributed by atoms with Gasteiger partial charge in [0.2, 0.25) is 0 Å². The standard InChI is InChI=1S/C13H19BrN2O2.ClH/c1-18-13-3-2-9(4-11(13)14)5-15-6-10-7-16-8-12(10)17;/h2-4,10,12,15-17H,5-8H2,1H3;1H. The van der Waals surface area contributed by atoms with Crippen molar-refractivity contribution in [3.8, 4) is 5.75 Å². The molecule has 1 aliphatic rings. The molecule has 1 aromatic rings. The largest absolute Gasteiger partial charge is 0.496 e. The van der Waals surface area contributed by atoms with Crippen LogP contribution in [0.2, 0.25) is 0 Å². The van der Waals surface area contributed by atoms with Gasteiger partial charge in [-0.1, -0.05) is 6.07 Å². The Morgan fingerprint density at radius 1 is 1.47 bits per heavy atom. The van der Waals surface area contributed by atoms with Crippen LogP contribution in [0.15, 0.2) is 22.7 Å². The molecule has 3 N–H and O–H groups in total. The molecule has 0 bridgehead atoms. The number of hydrogen-bond acceptors (Lipinski definition) is 4. The van der Waals surface area contributed by atoms with Crippen LogP contribution in [0.5, 0.6) is 5.75 Å². The van der Waals surface area contributed by atoms with Crippen molar-refractivity contribution >= 4 is 28.3 Å². The Hall–Kier alpha value is -0.330. The fraction of sp³-hybridized carbons (Fsp3) is 0.538. The van der Waals surface area contributed by atoms with Gasteiger partial charge in [0.15, 0.2) is 0 Å². The average molecular weight is 352 g/mol. The molecule has 0 amide bonds. The highest BCUT2D eigenvalue weighted by Gasteiger charge is 2.23. The van der Waals surface area contributed by atoms with Crippen molar-refractivity contribution in [1.82, 2.24) is 10.6 Å². The average Bonchev–Trinajstić information content (AvgIpc) is 2.75. The molecule has 0 aliphatic carbocycles. The predicted molar refractivity (Wildman–Crippen MR) is 82.0 cm³/mol. The zero-order valence-electron chi connectivity index (χ0n) is 10.9. The van der Waals surface area contributed by atoms with E-state index in [2.05, 4.69) is 32.6 Å². The molecule has 1 aromatic carbocycles. The Bertz CT molecular complexity index is 406. The van der Waals surface area contributed by atoms with Crippen molar-refractivity contribution in [2.45, 2.75) is 12.6 Å². The number of nitrogens with one attached hydrogen (secondary N) is 2. The lowest BCUT2D eigenvalue weighted by molar-refractivity contribution is 0.146. The van der Waals surface area contributed by atoms with Crippen LogP contribution in [-0.4, -0.2) is 38.0 Å². The summed E-state index contributed by atoms with van der Waals surface area (Å²) in [4.78, 5) is 0. The van der Waals surface area contributed by atoms with E-state index in [9.17, 15) is 5.11 Å². The van der Waals surface area contributed by atoms with E-state index < -0.39 is 0 Å². The summed E-state index contributed by atoms with van der Waals surface area (Å²) in [7, 11) is 1.66. The molecule has 4 nitrogen and oxygen atoms in total. The van der Waals surface area contributed by atoms with E-state index in [1.807, 2.05) is 12.1 Å². The highest BCUT2D eigenvalue weighted by Crippen LogP contribution is 2.25. The zero-order valence-corrected chi connectivity index (χ0v) is 13.3. The van der Waals surface area contributed by atoms with Gasteiger partial charge in [0.25, 0.3) is 0 Å². The topological polar surface area (TPSA) is 53.5 Å². The number of β-amino-alcohol motifs (C(OH)–C–C–N with tert-alkyl or cyclic N) is 1. The zero-order chi connectivity index (χ0) is 13.0. The fourth-order valence-electron chi connectivity index (χ4n) is 2.15. The van der Waals surface area contributed by atoms with Crippen LogP contribution >= 0.6 is 28.3 Å². The highest BCUT2D eigenvalue weighted by atomic mass is 79.9. The third kappa shape index (κ3) is 4.61. The van der Waals surface area contributed by atoms with Gasteiger partial charge in [-0.25, -0.2) is 0 Å². The molecule has 1 saturated heterocycles. The van der Waals surface area contributed by atoms with E-state index in [1.165, 1.54) is 5.56 Å². The minimum absolute atomic E-state index is 0. The Labute approximate surface area is 128 Å². The molecule has 1 heterocycles. The molecule has 2 unspecified atom stereocenters. The Kier molecular flexibility index (Phi) is 7.10. The third-order valence-electron chi connectivity index (χ3n) is 3.26. The monoisotopic (exact) mass is 350 g/mol. The van der Waals surface area contributed by atoms with Crippen molar-refractivity contribution in [3.05, 3.63) is 28.2 Å². The summed E-state index contributed by atoms with van der Waals surface area (Å²) in [5.41, 5.74) is 1.20. The fourth-order valence-corrected chi connectivity index (χ4v) is 2.74. The summed E-state index contributed by atoms with van der Waals surface area (Å²) in [5.74, 6) is 1.15. The number of aliphatic hydroxyl groups excluding tert-OH is 1. The number of hydrogen-bond donors (Lipinski definition) is 3. The maximum Gasteiger partial charge on any atom is 0.133 e. The number of ether oxygens (including phenoxy) is 1. The normalized spacial score (nSPS) is 22.1. The third-order valence-corrected chi connectivity index (χ3v) is 3.88. The molecule has 19 heavy (non-hydrogen) atoms. The molecule has 2 atom stereocenters. The molecule has 0 spiro atoms.